The molecule has 1 rings (SSSR count). The van der Waals surface area contributed by atoms with E-state index in [-0.39, 0.29) is 0 Å². The van der Waals surface area contributed by atoms with Crippen LogP contribution < -0.4 is 0 Å². The fourth-order valence-electron chi connectivity index (χ4n) is 0.726. The van der Waals surface area contributed by atoms with Crippen molar-refractivity contribution in [3.05, 3.63) is 39.5 Å². The first-order chi connectivity index (χ1) is 8.50. The minimum atomic E-state index is -4.64. The molecule has 13 heteroatoms. The smallest absolute Gasteiger partial charge is 0.303 e. The molecule has 0 amide bonds. The first-order valence-electron chi connectivity index (χ1n) is 3.85. The summed E-state index contributed by atoms with van der Waals surface area (Å²) in [4.78, 5) is 23.5. The molecule has 0 aliphatic carbocycles. The highest BCUT2D eigenvalue weighted by Gasteiger charge is 2.24. The first-order valence-corrected chi connectivity index (χ1v) is 5.42. The lowest BCUT2D eigenvalue weighted by Gasteiger charge is -2.02. The average molecular weight is 307 g/mol. The molecule has 0 unspecified atom stereocenters. The van der Waals surface area contributed by atoms with Crippen LogP contribution in [0.3, 0.4) is 0 Å². The van der Waals surface area contributed by atoms with Gasteiger partial charge in [0.05, 0.1) is 0 Å². The van der Waals surface area contributed by atoms with Gasteiger partial charge in [0.1, 0.15) is 5.69 Å². The molecule has 0 saturated heterocycles. The Hall–Kier alpha value is -1.71. The quantitative estimate of drug-likeness (QED) is 0.140. The van der Waals surface area contributed by atoms with Crippen LogP contribution in [0.1, 0.15) is 0 Å². The van der Waals surface area contributed by atoms with E-state index in [0.717, 1.165) is 0 Å². The van der Waals surface area contributed by atoms with E-state index in [9.17, 15) is 22.0 Å². The molecule has 0 fully saturated rings. The molecule has 19 heavy (non-hydrogen) atoms. The summed E-state index contributed by atoms with van der Waals surface area (Å²) in [5.74, 6) is -10.9. The number of azide groups is 1. The monoisotopic (exact) mass is 307 g/mol. The summed E-state index contributed by atoms with van der Waals surface area (Å²) in [5, 5.41) is 2.35. The maximum absolute atomic E-state index is 12.6. The lowest BCUT2D eigenvalue weighted by molar-refractivity contribution is 0.275. The van der Waals surface area contributed by atoms with Gasteiger partial charge >= 0.3 is 7.82 Å². The van der Waals surface area contributed by atoms with E-state index in [1.54, 1.807) is 0 Å². The van der Waals surface area contributed by atoms with Crippen LogP contribution >= 0.6 is 7.82 Å². The van der Waals surface area contributed by atoms with Gasteiger partial charge in [0.25, 0.3) is 0 Å². The van der Waals surface area contributed by atoms with Crippen LogP contribution in [0.2, 0.25) is 0 Å². The Morgan fingerprint density at radius 3 is 1.42 bits per heavy atom. The number of hydrogen-bond acceptors (Lipinski definition) is 2. The zero-order chi connectivity index (χ0) is 15.4. The highest BCUT2D eigenvalue weighted by Crippen LogP contribution is 2.29. The van der Waals surface area contributed by atoms with Gasteiger partial charge < -0.3 is 14.7 Å². The minimum Gasteiger partial charge on any atom is -0.303 e. The van der Waals surface area contributed by atoms with Crippen molar-refractivity contribution < 1.29 is 41.2 Å². The number of phosphoric acid groups is 1. The van der Waals surface area contributed by atoms with Crippen LogP contribution in [0.15, 0.2) is 5.11 Å². The minimum absolute atomic E-state index is 1.54. The molecule has 1 aromatic carbocycles. The Kier molecular flexibility index (Phi) is 5.87. The van der Waals surface area contributed by atoms with Crippen LogP contribution in [-0.2, 0) is 4.57 Å². The highest BCUT2D eigenvalue weighted by atomic mass is 31.2. The van der Waals surface area contributed by atoms with Crippen molar-refractivity contribution in [2.75, 3.05) is 0 Å². The van der Waals surface area contributed by atoms with Crippen molar-refractivity contribution in [3.8, 4) is 0 Å². The fourth-order valence-corrected chi connectivity index (χ4v) is 0.726. The second kappa shape index (κ2) is 6.45. The number of nitrogens with zero attached hydrogens (tertiary/aromatic N) is 3. The lowest BCUT2D eigenvalue weighted by Crippen LogP contribution is -2.00. The van der Waals surface area contributed by atoms with E-state index in [1.807, 2.05) is 4.91 Å². The Morgan fingerprint density at radius 1 is 0.895 bits per heavy atom. The largest absolute Gasteiger partial charge is 0.466 e. The van der Waals surface area contributed by atoms with E-state index in [0.29, 0.717) is 0 Å². The number of hydrogen-bond donors (Lipinski definition) is 3. The van der Waals surface area contributed by atoms with Gasteiger partial charge in [-0.05, 0) is 5.53 Å². The van der Waals surface area contributed by atoms with E-state index in [2.05, 4.69) is 5.11 Å². The molecular formula is C6H3F5N3O4P. The van der Waals surface area contributed by atoms with E-state index < -0.39 is 42.6 Å². The summed E-state index contributed by atoms with van der Waals surface area (Å²) in [6.07, 6.45) is 0. The molecule has 0 bridgehead atoms. The molecular weight excluding hydrogens is 304 g/mol. The standard InChI is InChI=1S/C6F5N3.H3O4P/c7-1-2(8)4(10)6(13-14-12)5(11)3(1)9;1-5(2,3)4/h;(H3,1,2,3,4). The molecule has 0 aliphatic heterocycles. The van der Waals surface area contributed by atoms with Gasteiger partial charge in [0, 0.05) is 4.91 Å². The molecule has 7 nitrogen and oxygen atoms in total. The SMILES string of the molecule is O=P(O)(O)O.[N-]=[N+]=Nc1c(F)c(F)c(F)c(F)c1F. The normalized spacial score (nSPS) is 10.3. The first kappa shape index (κ1) is 17.3. The molecule has 0 heterocycles. The van der Waals surface area contributed by atoms with Gasteiger partial charge in [-0.1, -0.05) is 5.11 Å². The molecule has 0 atom stereocenters. The molecule has 1 aromatic rings. The molecule has 3 N–H and O–H groups in total. The van der Waals surface area contributed by atoms with Gasteiger partial charge in [-0.15, -0.1) is 0 Å². The maximum atomic E-state index is 12.6. The van der Waals surface area contributed by atoms with Crippen LogP contribution in [-0.4, -0.2) is 14.7 Å². The average Bonchev–Trinajstić information content (AvgIpc) is 2.27. The Bertz CT molecular complexity index is 547. The zero-order valence-corrected chi connectivity index (χ0v) is 9.32. The molecule has 0 radical (unpaired) electrons. The second-order valence-corrected chi connectivity index (χ2v) is 3.65. The third kappa shape index (κ3) is 5.20. The van der Waals surface area contributed by atoms with Gasteiger partial charge in [0.15, 0.2) is 23.3 Å². The Balaban J connectivity index is 0.000000555. The predicted octanol–water partition coefficient (Wildman–Crippen LogP) is 2.40. The van der Waals surface area contributed by atoms with Gasteiger partial charge in [-0.25, -0.2) is 26.5 Å². The third-order valence-electron chi connectivity index (χ3n) is 1.33. The fraction of sp³-hybridized carbons (Fsp3) is 0. The van der Waals surface area contributed by atoms with E-state index in [4.69, 9.17) is 24.8 Å². The molecule has 106 valence electrons. The van der Waals surface area contributed by atoms with Gasteiger partial charge in [-0.2, -0.15) is 0 Å². The maximum Gasteiger partial charge on any atom is 0.466 e. The lowest BCUT2D eigenvalue weighted by atomic mass is 10.2. The van der Waals surface area contributed by atoms with Gasteiger partial charge in [-0.3, -0.25) is 0 Å². The zero-order valence-electron chi connectivity index (χ0n) is 8.43. The molecule has 0 aromatic heterocycles. The van der Waals surface area contributed by atoms with Gasteiger partial charge in [0.2, 0.25) is 5.82 Å². The van der Waals surface area contributed by atoms with Crippen LogP contribution in [0.4, 0.5) is 27.6 Å². The Labute approximate surface area is 100 Å². The molecule has 0 aliphatic rings. The summed E-state index contributed by atoms with van der Waals surface area (Å²) in [7, 11) is -4.64. The van der Waals surface area contributed by atoms with Crippen molar-refractivity contribution in [1.82, 2.24) is 0 Å². The van der Waals surface area contributed by atoms with E-state index in [1.165, 1.54) is 0 Å². The summed E-state index contributed by atoms with van der Waals surface area (Å²) < 4.78 is 71.2. The van der Waals surface area contributed by atoms with Crippen LogP contribution in [0.25, 0.3) is 10.4 Å². The van der Waals surface area contributed by atoms with Crippen molar-refractivity contribution in [3.63, 3.8) is 0 Å². The summed E-state index contributed by atoms with van der Waals surface area (Å²) in [5.41, 5.74) is 6.27. The summed E-state index contributed by atoms with van der Waals surface area (Å²) in [6.45, 7) is 0. The van der Waals surface area contributed by atoms with Crippen molar-refractivity contribution >= 4 is 13.5 Å². The summed E-state index contributed by atoms with van der Waals surface area (Å²) >= 11 is 0. The number of halogens is 5. The van der Waals surface area contributed by atoms with Crippen LogP contribution in [0.5, 0.6) is 0 Å². The molecule has 0 saturated carbocycles. The summed E-state index contributed by atoms with van der Waals surface area (Å²) in [6, 6.07) is 0. The van der Waals surface area contributed by atoms with E-state index >= 15 is 0 Å². The van der Waals surface area contributed by atoms with Crippen molar-refractivity contribution in [1.29, 1.82) is 0 Å². The third-order valence-corrected chi connectivity index (χ3v) is 1.33. The topological polar surface area (TPSA) is 127 Å². The number of benzene rings is 1. The van der Waals surface area contributed by atoms with Crippen molar-refractivity contribution in [2.24, 2.45) is 5.11 Å². The van der Waals surface area contributed by atoms with Crippen LogP contribution in [0, 0.1) is 29.1 Å². The Morgan fingerprint density at radius 2 is 1.16 bits per heavy atom. The highest BCUT2D eigenvalue weighted by molar-refractivity contribution is 7.45. The number of rotatable bonds is 1. The molecule has 0 spiro atoms. The predicted molar refractivity (Wildman–Crippen MR) is 49.3 cm³/mol. The van der Waals surface area contributed by atoms with Crippen molar-refractivity contribution in [2.45, 2.75) is 0 Å². The second-order valence-electron chi connectivity index (χ2n) is 2.62.